The Kier molecular flexibility index (Phi) is 4.13. The number of ether oxygens (including phenoxy) is 1. The molecule has 2 aromatic rings. The van der Waals surface area contributed by atoms with Crippen LogP contribution in [0.25, 0.3) is 0 Å². The number of hydrogen-bond acceptors (Lipinski definition) is 5. The quantitative estimate of drug-likeness (QED) is 0.731. The molecule has 0 aliphatic rings. The van der Waals surface area contributed by atoms with E-state index in [4.69, 9.17) is 4.74 Å². The van der Waals surface area contributed by atoms with E-state index in [1.807, 2.05) is 4.98 Å². The summed E-state index contributed by atoms with van der Waals surface area (Å²) in [7, 11) is -4.11. The number of aromatic amines is 2. The highest BCUT2D eigenvalue weighted by Gasteiger charge is 2.19. The van der Waals surface area contributed by atoms with Crippen molar-refractivity contribution in [2.75, 3.05) is 11.3 Å². The molecule has 1 aromatic heterocycles. The van der Waals surface area contributed by atoms with Crippen LogP contribution in [0.1, 0.15) is 6.92 Å². The Labute approximate surface area is 119 Å². The van der Waals surface area contributed by atoms with Crippen LogP contribution >= 0.6 is 0 Å². The molecule has 112 valence electrons. The molecule has 1 aromatic carbocycles. The molecule has 1 heterocycles. The van der Waals surface area contributed by atoms with Crippen LogP contribution in [0, 0.1) is 0 Å². The second-order valence-corrected chi connectivity index (χ2v) is 5.65. The zero-order valence-electron chi connectivity index (χ0n) is 11.0. The van der Waals surface area contributed by atoms with Gasteiger partial charge in [0.25, 0.3) is 15.6 Å². The summed E-state index contributed by atoms with van der Waals surface area (Å²) in [4.78, 5) is 25.8. The maximum absolute atomic E-state index is 12.1. The predicted molar refractivity (Wildman–Crippen MR) is 76.1 cm³/mol. The summed E-state index contributed by atoms with van der Waals surface area (Å²) in [6.45, 7) is 2.24. The third-order valence-corrected chi connectivity index (χ3v) is 3.86. The van der Waals surface area contributed by atoms with Crippen LogP contribution in [0.4, 0.5) is 5.69 Å². The highest BCUT2D eigenvalue weighted by atomic mass is 32.2. The van der Waals surface area contributed by atoms with Gasteiger partial charge < -0.3 is 9.72 Å². The standard InChI is InChI=1S/C12H13N3O5S/c1-2-20-9-5-3-4-8(6-9)15-21(18,19)10-7-13-12(17)14-11(10)16/h3-7,15H,2H2,1H3,(H2,13,14,16,17). The van der Waals surface area contributed by atoms with Crippen molar-refractivity contribution in [3.63, 3.8) is 0 Å². The molecular weight excluding hydrogens is 298 g/mol. The fourth-order valence-corrected chi connectivity index (χ4v) is 2.68. The molecule has 0 fully saturated rings. The average Bonchev–Trinajstić information content (AvgIpc) is 2.38. The smallest absolute Gasteiger partial charge is 0.325 e. The fraction of sp³-hybridized carbons (Fsp3) is 0.167. The molecule has 0 aliphatic heterocycles. The van der Waals surface area contributed by atoms with Crippen molar-refractivity contribution >= 4 is 15.7 Å². The summed E-state index contributed by atoms with van der Waals surface area (Å²) in [5, 5.41) is 0. The number of rotatable bonds is 5. The molecule has 21 heavy (non-hydrogen) atoms. The topological polar surface area (TPSA) is 121 Å². The summed E-state index contributed by atoms with van der Waals surface area (Å²) >= 11 is 0. The summed E-state index contributed by atoms with van der Waals surface area (Å²) in [5.74, 6) is 0.494. The Bertz CT molecular complexity index is 853. The highest BCUT2D eigenvalue weighted by Crippen LogP contribution is 2.19. The second kappa shape index (κ2) is 5.83. The number of aromatic nitrogens is 2. The molecule has 8 nitrogen and oxygen atoms in total. The Morgan fingerprint density at radius 3 is 2.71 bits per heavy atom. The number of H-pyrrole nitrogens is 2. The first kappa shape index (κ1) is 14.9. The van der Waals surface area contributed by atoms with E-state index in [9.17, 15) is 18.0 Å². The third kappa shape index (κ3) is 3.51. The number of nitrogens with one attached hydrogen (secondary N) is 3. The Balaban J connectivity index is 2.35. The van der Waals surface area contributed by atoms with Gasteiger partial charge in [-0.05, 0) is 19.1 Å². The number of sulfonamides is 1. The van der Waals surface area contributed by atoms with Crippen LogP contribution in [0.3, 0.4) is 0 Å². The van der Waals surface area contributed by atoms with E-state index < -0.39 is 26.2 Å². The van der Waals surface area contributed by atoms with Crippen LogP contribution in [-0.2, 0) is 10.0 Å². The van der Waals surface area contributed by atoms with Crippen LogP contribution in [0.5, 0.6) is 5.75 Å². The second-order valence-electron chi connectivity index (χ2n) is 4.00. The first-order chi connectivity index (χ1) is 9.92. The zero-order valence-corrected chi connectivity index (χ0v) is 11.9. The minimum absolute atomic E-state index is 0.242. The van der Waals surface area contributed by atoms with Crippen molar-refractivity contribution in [1.82, 2.24) is 9.97 Å². The van der Waals surface area contributed by atoms with Crippen LogP contribution in [0.2, 0.25) is 0 Å². The van der Waals surface area contributed by atoms with Crippen molar-refractivity contribution in [3.05, 3.63) is 51.3 Å². The lowest BCUT2D eigenvalue weighted by molar-refractivity contribution is 0.340. The van der Waals surface area contributed by atoms with Gasteiger partial charge in [-0.15, -0.1) is 0 Å². The first-order valence-electron chi connectivity index (χ1n) is 6.00. The molecule has 9 heteroatoms. The molecule has 3 N–H and O–H groups in total. The average molecular weight is 311 g/mol. The van der Waals surface area contributed by atoms with Gasteiger partial charge in [0.15, 0.2) is 4.90 Å². The number of hydrogen-bond donors (Lipinski definition) is 3. The lowest BCUT2D eigenvalue weighted by Gasteiger charge is -2.09. The van der Waals surface area contributed by atoms with Crippen LogP contribution in [-0.4, -0.2) is 25.0 Å². The van der Waals surface area contributed by atoms with Gasteiger partial charge in [-0.2, -0.15) is 0 Å². The fourth-order valence-electron chi connectivity index (χ4n) is 1.62. The molecule has 0 saturated carbocycles. The molecule has 0 amide bonds. The molecular formula is C12H13N3O5S. The lowest BCUT2D eigenvalue weighted by atomic mass is 10.3. The van der Waals surface area contributed by atoms with Crippen molar-refractivity contribution in [2.24, 2.45) is 0 Å². The SMILES string of the molecule is CCOc1cccc(NS(=O)(=O)c2c[nH]c(=O)[nH]c2=O)c1. The molecule has 0 aliphatic carbocycles. The molecule has 2 rings (SSSR count). The minimum Gasteiger partial charge on any atom is -0.494 e. The molecule has 0 unspecified atom stereocenters. The zero-order chi connectivity index (χ0) is 15.5. The number of anilines is 1. The van der Waals surface area contributed by atoms with Crippen molar-refractivity contribution in [2.45, 2.75) is 11.8 Å². The number of benzene rings is 1. The van der Waals surface area contributed by atoms with E-state index in [0.29, 0.717) is 12.4 Å². The monoisotopic (exact) mass is 311 g/mol. The van der Waals surface area contributed by atoms with E-state index in [-0.39, 0.29) is 5.69 Å². The predicted octanol–water partition coefficient (Wildman–Crippen LogP) is 0.263. The van der Waals surface area contributed by atoms with E-state index in [2.05, 4.69) is 9.71 Å². The van der Waals surface area contributed by atoms with Crippen molar-refractivity contribution < 1.29 is 13.2 Å². The van der Waals surface area contributed by atoms with Crippen LogP contribution < -0.4 is 20.7 Å². The third-order valence-electron chi connectivity index (χ3n) is 2.47. The Hall–Kier alpha value is -2.55. The van der Waals surface area contributed by atoms with Gasteiger partial charge >= 0.3 is 5.69 Å². The summed E-state index contributed by atoms with van der Waals surface area (Å²) in [6, 6.07) is 6.29. The van der Waals surface area contributed by atoms with E-state index in [1.54, 1.807) is 19.1 Å². The largest absolute Gasteiger partial charge is 0.494 e. The van der Waals surface area contributed by atoms with Crippen molar-refractivity contribution in [3.8, 4) is 5.75 Å². The molecule has 0 atom stereocenters. The highest BCUT2D eigenvalue weighted by molar-refractivity contribution is 7.92. The van der Waals surface area contributed by atoms with Gasteiger partial charge in [-0.3, -0.25) is 14.5 Å². The van der Waals surface area contributed by atoms with E-state index in [0.717, 1.165) is 6.20 Å². The maximum atomic E-state index is 12.1. The minimum atomic E-state index is -4.11. The van der Waals surface area contributed by atoms with Gasteiger partial charge in [-0.1, -0.05) is 6.07 Å². The molecule has 0 spiro atoms. The lowest BCUT2D eigenvalue weighted by Crippen LogP contribution is -2.29. The van der Waals surface area contributed by atoms with Gasteiger partial charge in [0, 0.05) is 12.3 Å². The van der Waals surface area contributed by atoms with E-state index >= 15 is 0 Å². The van der Waals surface area contributed by atoms with Gasteiger partial charge in [0.1, 0.15) is 5.75 Å². The molecule has 0 bridgehead atoms. The normalized spacial score (nSPS) is 11.1. The first-order valence-corrected chi connectivity index (χ1v) is 7.48. The summed E-state index contributed by atoms with van der Waals surface area (Å²) in [6.07, 6.45) is 0.843. The Morgan fingerprint density at radius 1 is 1.29 bits per heavy atom. The van der Waals surface area contributed by atoms with Gasteiger partial charge in [-0.25, -0.2) is 13.2 Å². The van der Waals surface area contributed by atoms with E-state index in [1.165, 1.54) is 12.1 Å². The van der Waals surface area contributed by atoms with Gasteiger partial charge in [0.05, 0.1) is 12.3 Å². The summed E-state index contributed by atoms with van der Waals surface area (Å²) in [5.41, 5.74) is -1.53. The Morgan fingerprint density at radius 2 is 2.05 bits per heavy atom. The molecule has 0 saturated heterocycles. The van der Waals surface area contributed by atoms with Gasteiger partial charge in [0.2, 0.25) is 0 Å². The summed E-state index contributed by atoms with van der Waals surface area (Å²) < 4.78 is 31.7. The van der Waals surface area contributed by atoms with Crippen LogP contribution in [0.15, 0.2) is 44.9 Å². The molecule has 0 radical (unpaired) electrons. The maximum Gasteiger partial charge on any atom is 0.325 e. The van der Waals surface area contributed by atoms with Crippen molar-refractivity contribution in [1.29, 1.82) is 0 Å².